The molecule has 4 aromatic rings. The minimum Gasteiger partial charge on any atom is -0.494 e. The molecule has 0 aliphatic rings. The third-order valence-corrected chi connectivity index (χ3v) is 5.19. The molecule has 2 aromatic carbocycles. The van der Waals surface area contributed by atoms with Crippen LogP contribution in [0, 0.1) is 12.7 Å². The molecule has 158 valence electrons. The van der Waals surface area contributed by atoms with Crippen LogP contribution in [0.5, 0.6) is 5.75 Å². The van der Waals surface area contributed by atoms with Crippen LogP contribution in [0.3, 0.4) is 0 Å². The maximum Gasteiger partial charge on any atom is 0.356 e. The van der Waals surface area contributed by atoms with Gasteiger partial charge in [0.2, 0.25) is 0 Å². The first kappa shape index (κ1) is 20.6. The van der Waals surface area contributed by atoms with E-state index in [1.165, 1.54) is 19.2 Å². The number of rotatable bonds is 6. The molecule has 0 amide bonds. The van der Waals surface area contributed by atoms with Gasteiger partial charge in [-0.1, -0.05) is 6.07 Å². The van der Waals surface area contributed by atoms with E-state index in [0.29, 0.717) is 13.0 Å². The molecule has 0 radical (unpaired) electrons. The zero-order valence-electron chi connectivity index (χ0n) is 17.7. The third kappa shape index (κ3) is 4.14. The Kier molecular flexibility index (Phi) is 5.71. The molecule has 0 saturated heterocycles. The number of benzene rings is 2. The molecule has 0 atom stereocenters. The maximum atomic E-state index is 13.5. The van der Waals surface area contributed by atoms with E-state index in [9.17, 15) is 9.18 Å². The summed E-state index contributed by atoms with van der Waals surface area (Å²) in [6, 6.07) is 15.8. The Morgan fingerprint density at radius 1 is 1.13 bits per heavy atom. The van der Waals surface area contributed by atoms with Crippen LogP contribution in [0.25, 0.3) is 22.2 Å². The Morgan fingerprint density at radius 3 is 2.61 bits per heavy atom. The number of carbonyl (C=O) groups excluding carboxylic acids is 1. The van der Waals surface area contributed by atoms with Gasteiger partial charge >= 0.3 is 5.97 Å². The van der Waals surface area contributed by atoms with Crippen LogP contribution in [0.15, 0.2) is 54.6 Å². The van der Waals surface area contributed by atoms with E-state index in [-0.39, 0.29) is 11.5 Å². The van der Waals surface area contributed by atoms with Gasteiger partial charge in [0, 0.05) is 29.1 Å². The number of fused-ring (bicyclic) bond motifs is 1. The highest BCUT2D eigenvalue weighted by atomic mass is 19.1. The van der Waals surface area contributed by atoms with Crippen molar-refractivity contribution in [3.63, 3.8) is 0 Å². The van der Waals surface area contributed by atoms with Gasteiger partial charge in [-0.05, 0) is 73.0 Å². The highest BCUT2D eigenvalue weighted by Gasteiger charge is 2.17. The molecule has 0 bridgehead atoms. The highest BCUT2D eigenvalue weighted by Crippen LogP contribution is 2.35. The Balaban J connectivity index is 1.87. The van der Waals surface area contributed by atoms with Crippen molar-refractivity contribution in [3.8, 4) is 17.0 Å². The first-order valence-corrected chi connectivity index (χ1v) is 10.1. The fourth-order valence-electron chi connectivity index (χ4n) is 3.72. The second kappa shape index (κ2) is 8.60. The van der Waals surface area contributed by atoms with E-state index < -0.39 is 5.97 Å². The van der Waals surface area contributed by atoms with Crippen LogP contribution in [0.1, 0.15) is 34.2 Å². The van der Waals surface area contributed by atoms with Gasteiger partial charge in [-0.15, -0.1) is 0 Å². The summed E-state index contributed by atoms with van der Waals surface area (Å²) in [7, 11) is 1.34. The van der Waals surface area contributed by atoms with Gasteiger partial charge in [0.05, 0.1) is 19.4 Å². The summed E-state index contributed by atoms with van der Waals surface area (Å²) in [5, 5.41) is 1.03. The molecule has 4 rings (SSSR count). The van der Waals surface area contributed by atoms with Gasteiger partial charge < -0.3 is 14.5 Å². The number of hydrogen-bond donors (Lipinski definition) is 1. The standard InChI is InChI=1S/C25H23FN2O3/c1-4-31-23-14-22-19(12-15(23)2)20(24(28-22)16-8-10-17(26)11-9-16)13-18-6-5-7-21(27-18)25(29)30-3/h5-12,14,28H,4,13H2,1-3H3. The highest BCUT2D eigenvalue weighted by molar-refractivity contribution is 5.93. The number of halogens is 1. The molecule has 31 heavy (non-hydrogen) atoms. The number of H-pyrrole nitrogens is 1. The molecular weight excluding hydrogens is 395 g/mol. The van der Waals surface area contributed by atoms with Crippen molar-refractivity contribution >= 4 is 16.9 Å². The Morgan fingerprint density at radius 2 is 1.90 bits per heavy atom. The van der Waals surface area contributed by atoms with E-state index in [2.05, 4.69) is 16.0 Å². The summed E-state index contributed by atoms with van der Waals surface area (Å²) in [6.45, 7) is 4.54. The van der Waals surface area contributed by atoms with Gasteiger partial charge in [0.25, 0.3) is 0 Å². The largest absolute Gasteiger partial charge is 0.494 e. The minimum atomic E-state index is -0.475. The zero-order valence-corrected chi connectivity index (χ0v) is 17.7. The first-order chi connectivity index (χ1) is 15.0. The van der Waals surface area contributed by atoms with Crippen molar-refractivity contribution in [2.45, 2.75) is 20.3 Å². The normalized spacial score (nSPS) is 11.0. The van der Waals surface area contributed by atoms with Crippen molar-refractivity contribution in [2.75, 3.05) is 13.7 Å². The fraction of sp³-hybridized carbons (Fsp3) is 0.200. The average Bonchev–Trinajstić information content (AvgIpc) is 3.11. The number of nitrogens with zero attached hydrogens (tertiary/aromatic N) is 1. The Labute approximate surface area is 179 Å². The maximum absolute atomic E-state index is 13.5. The van der Waals surface area contributed by atoms with Crippen LogP contribution in [-0.2, 0) is 11.2 Å². The number of carbonyl (C=O) groups is 1. The van der Waals surface area contributed by atoms with Crippen molar-refractivity contribution in [3.05, 3.63) is 82.9 Å². The molecule has 2 aromatic heterocycles. The Hall–Kier alpha value is -3.67. The number of aromatic nitrogens is 2. The molecule has 6 heteroatoms. The second-order valence-electron chi connectivity index (χ2n) is 7.26. The molecule has 2 heterocycles. The fourth-order valence-corrected chi connectivity index (χ4v) is 3.72. The van der Waals surface area contributed by atoms with Crippen LogP contribution < -0.4 is 4.74 Å². The van der Waals surface area contributed by atoms with E-state index in [1.807, 2.05) is 26.0 Å². The molecule has 0 saturated carbocycles. The van der Waals surface area contributed by atoms with Gasteiger partial charge in [0.1, 0.15) is 17.3 Å². The quantitative estimate of drug-likeness (QED) is 0.423. The molecule has 0 fully saturated rings. The average molecular weight is 418 g/mol. The van der Waals surface area contributed by atoms with E-state index in [4.69, 9.17) is 9.47 Å². The molecule has 0 unspecified atom stereocenters. The summed E-state index contributed by atoms with van der Waals surface area (Å²) in [4.78, 5) is 19.8. The van der Waals surface area contributed by atoms with E-state index >= 15 is 0 Å². The van der Waals surface area contributed by atoms with Crippen molar-refractivity contribution in [2.24, 2.45) is 0 Å². The molecule has 0 spiro atoms. The van der Waals surface area contributed by atoms with Crippen LogP contribution in [-0.4, -0.2) is 29.7 Å². The van der Waals surface area contributed by atoms with Crippen LogP contribution >= 0.6 is 0 Å². The second-order valence-corrected chi connectivity index (χ2v) is 7.26. The predicted molar refractivity (Wildman–Crippen MR) is 118 cm³/mol. The van der Waals surface area contributed by atoms with Crippen LogP contribution in [0.2, 0.25) is 0 Å². The predicted octanol–water partition coefficient (Wildman–Crippen LogP) is 5.45. The number of aromatic amines is 1. The number of pyridine rings is 1. The van der Waals surface area contributed by atoms with Gasteiger partial charge in [0.15, 0.2) is 0 Å². The summed E-state index contributed by atoms with van der Waals surface area (Å²) in [6.07, 6.45) is 0.491. The number of nitrogens with one attached hydrogen (secondary N) is 1. The SMILES string of the molecule is CCOc1cc2[nH]c(-c3ccc(F)cc3)c(Cc3cccc(C(=O)OC)n3)c2cc1C. The number of hydrogen-bond acceptors (Lipinski definition) is 4. The lowest BCUT2D eigenvalue weighted by molar-refractivity contribution is 0.0593. The summed E-state index contributed by atoms with van der Waals surface area (Å²) >= 11 is 0. The third-order valence-electron chi connectivity index (χ3n) is 5.19. The monoisotopic (exact) mass is 418 g/mol. The number of methoxy groups -OCH3 is 1. The molecule has 0 aliphatic carbocycles. The van der Waals surface area contributed by atoms with E-state index in [1.54, 1.807) is 24.3 Å². The number of esters is 1. The Bertz CT molecular complexity index is 1250. The minimum absolute atomic E-state index is 0.262. The van der Waals surface area contributed by atoms with Crippen LogP contribution in [0.4, 0.5) is 4.39 Å². The zero-order chi connectivity index (χ0) is 22.0. The lowest BCUT2D eigenvalue weighted by Crippen LogP contribution is -2.06. The summed E-state index contributed by atoms with van der Waals surface area (Å²) in [5.41, 5.74) is 5.71. The number of ether oxygens (including phenoxy) is 2. The summed E-state index contributed by atoms with van der Waals surface area (Å²) in [5.74, 6) is 0.0549. The van der Waals surface area contributed by atoms with Gasteiger partial charge in [-0.2, -0.15) is 0 Å². The smallest absolute Gasteiger partial charge is 0.356 e. The number of aryl methyl sites for hydroxylation is 1. The van der Waals surface area contributed by atoms with Crippen molar-refractivity contribution in [1.29, 1.82) is 0 Å². The molecule has 0 aliphatic heterocycles. The van der Waals surface area contributed by atoms with Gasteiger partial charge in [-0.25, -0.2) is 14.2 Å². The topological polar surface area (TPSA) is 64.2 Å². The molecule has 5 nitrogen and oxygen atoms in total. The lowest BCUT2D eigenvalue weighted by Gasteiger charge is -2.09. The van der Waals surface area contributed by atoms with E-state index in [0.717, 1.165) is 44.7 Å². The van der Waals surface area contributed by atoms with Crippen molar-refractivity contribution < 1.29 is 18.7 Å². The lowest BCUT2D eigenvalue weighted by atomic mass is 9.99. The molecule has 1 N–H and O–H groups in total. The molecular formula is C25H23FN2O3. The summed E-state index contributed by atoms with van der Waals surface area (Å²) < 4.78 is 24.1. The first-order valence-electron chi connectivity index (χ1n) is 10.1. The van der Waals surface area contributed by atoms with Gasteiger partial charge in [-0.3, -0.25) is 0 Å². The van der Waals surface area contributed by atoms with Crippen molar-refractivity contribution in [1.82, 2.24) is 9.97 Å².